The summed E-state index contributed by atoms with van der Waals surface area (Å²) in [5.74, 6) is 1.08. The molecular weight excluding hydrogens is 348 g/mol. The summed E-state index contributed by atoms with van der Waals surface area (Å²) < 4.78 is 0. The Kier molecular flexibility index (Phi) is 6.68. The van der Waals surface area contributed by atoms with Crippen LogP contribution < -0.4 is 15.5 Å². The van der Waals surface area contributed by atoms with Gasteiger partial charge in [0.15, 0.2) is 0 Å². The summed E-state index contributed by atoms with van der Waals surface area (Å²) in [6.07, 6.45) is 5.48. The lowest BCUT2D eigenvalue weighted by molar-refractivity contribution is -0.116. The molecule has 5 nitrogen and oxygen atoms in total. The highest BCUT2D eigenvalue weighted by atomic mass is 16.1. The molecule has 1 aliphatic heterocycles. The van der Waals surface area contributed by atoms with Gasteiger partial charge in [-0.3, -0.25) is 4.79 Å². The standard InChI is InChI=1S/C23H32N4O/c1-23(2,3)25-15-7-4-5-13-22(28)26-20-11-9-10-18-16-27(17-19(18)20)21-12-6-8-14-24-21/h6,8-12,14,25H,4-5,7,13,15-17H2,1-3H3,(H,26,28). The number of rotatable bonds is 8. The summed E-state index contributed by atoms with van der Waals surface area (Å²) in [5.41, 5.74) is 3.57. The number of amides is 1. The van der Waals surface area contributed by atoms with Crippen molar-refractivity contribution in [2.24, 2.45) is 0 Å². The molecule has 2 N–H and O–H groups in total. The van der Waals surface area contributed by atoms with Crippen LogP contribution in [-0.2, 0) is 17.9 Å². The van der Waals surface area contributed by atoms with Gasteiger partial charge in [-0.05, 0) is 69.5 Å². The van der Waals surface area contributed by atoms with E-state index in [2.05, 4.69) is 47.4 Å². The fourth-order valence-electron chi connectivity index (χ4n) is 3.51. The van der Waals surface area contributed by atoms with Gasteiger partial charge in [-0.25, -0.2) is 4.98 Å². The number of unbranched alkanes of at least 4 members (excludes halogenated alkanes) is 2. The summed E-state index contributed by atoms with van der Waals surface area (Å²) in [4.78, 5) is 19.1. The molecule has 0 bridgehead atoms. The molecule has 2 aromatic rings. The lowest BCUT2D eigenvalue weighted by Gasteiger charge is -2.20. The van der Waals surface area contributed by atoms with Crippen molar-refractivity contribution in [2.75, 3.05) is 16.8 Å². The first-order chi connectivity index (χ1) is 13.4. The van der Waals surface area contributed by atoms with Crippen molar-refractivity contribution >= 4 is 17.4 Å². The van der Waals surface area contributed by atoms with Gasteiger partial charge in [0.25, 0.3) is 0 Å². The number of nitrogens with zero attached hydrogens (tertiary/aromatic N) is 2. The maximum absolute atomic E-state index is 12.4. The quantitative estimate of drug-likeness (QED) is 0.663. The van der Waals surface area contributed by atoms with Gasteiger partial charge in [0.2, 0.25) is 5.91 Å². The third kappa shape index (κ3) is 5.80. The van der Waals surface area contributed by atoms with Crippen LogP contribution in [0.25, 0.3) is 0 Å². The predicted octanol–water partition coefficient (Wildman–Crippen LogP) is 4.49. The number of carbonyl (C=O) groups excluding carboxylic acids is 1. The topological polar surface area (TPSA) is 57.3 Å². The van der Waals surface area contributed by atoms with Crippen LogP contribution in [0.4, 0.5) is 11.5 Å². The summed E-state index contributed by atoms with van der Waals surface area (Å²) in [5, 5.41) is 6.61. The Balaban J connectivity index is 1.47. The summed E-state index contributed by atoms with van der Waals surface area (Å²) >= 11 is 0. The van der Waals surface area contributed by atoms with Crippen LogP contribution in [0.3, 0.4) is 0 Å². The van der Waals surface area contributed by atoms with Crippen molar-refractivity contribution < 1.29 is 4.79 Å². The highest BCUT2D eigenvalue weighted by Gasteiger charge is 2.23. The van der Waals surface area contributed by atoms with E-state index in [0.29, 0.717) is 6.42 Å². The molecule has 0 saturated carbocycles. The predicted molar refractivity (Wildman–Crippen MR) is 115 cm³/mol. The molecule has 3 rings (SSSR count). The van der Waals surface area contributed by atoms with E-state index in [0.717, 1.165) is 50.4 Å². The van der Waals surface area contributed by atoms with Crippen LogP contribution in [-0.4, -0.2) is 23.0 Å². The van der Waals surface area contributed by atoms with Crippen LogP contribution in [0.1, 0.15) is 57.6 Å². The average Bonchev–Trinajstić information content (AvgIpc) is 3.10. The van der Waals surface area contributed by atoms with E-state index in [-0.39, 0.29) is 11.4 Å². The van der Waals surface area contributed by atoms with Gasteiger partial charge >= 0.3 is 0 Å². The van der Waals surface area contributed by atoms with Gasteiger partial charge in [-0.1, -0.05) is 24.6 Å². The maximum Gasteiger partial charge on any atom is 0.224 e. The number of fused-ring (bicyclic) bond motifs is 1. The monoisotopic (exact) mass is 380 g/mol. The molecule has 0 spiro atoms. The number of hydrogen-bond acceptors (Lipinski definition) is 4. The molecule has 0 fully saturated rings. The summed E-state index contributed by atoms with van der Waals surface area (Å²) in [7, 11) is 0. The number of nitrogens with one attached hydrogen (secondary N) is 2. The lowest BCUT2D eigenvalue weighted by atomic mass is 10.1. The molecule has 0 aliphatic carbocycles. The highest BCUT2D eigenvalue weighted by Crippen LogP contribution is 2.31. The zero-order valence-corrected chi connectivity index (χ0v) is 17.3. The van der Waals surface area contributed by atoms with Crippen LogP contribution >= 0.6 is 0 Å². The Bertz CT molecular complexity index is 783. The zero-order valence-electron chi connectivity index (χ0n) is 17.3. The Morgan fingerprint density at radius 3 is 2.68 bits per heavy atom. The van der Waals surface area contributed by atoms with Crippen molar-refractivity contribution in [2.45, 2.75) is 65.1 Å². The molecule has 0 saturated heterocycles. The smallest absolute Gasteiger partial charge is 0.224 e. The molecule has 0 radical (unpaired) electrons. The third-order valence-electron chi connectivity index (χ3n) is 4.97. The van der Waals surface area contributed by atoms with Crippen LogP contribution in [0.5, 0.6) is 0 Å². The van der Waals surface area contributed by atoms with Crippen molar-refractivity contribution in [3.8, 4) is 0 Å². The Labute approximate surface area is 168 Å². The summed E-state index contributed by atoms with van der Waals surface area (Å²) in [6, 6.07) is 12.1. The maximum atomic E-state index is 12.4. The number of benzene rings is 1. The first-order valence-corrected chi connectivity index (χ1v) is 10.2. The SMILES string of the molecule is CC(C)(C)NCCCCCC(=O)Nc1cccc2c1CN(c1ccccn1)C2. The molecule has 1 aromatic carbocycles. The molecule has 5 heteroatoms. The fourth-order valence-corrected chi connectivity index (χ4v) is 3.51. The van der Waals surface area contributed by atoms with E-state index < -0.39 is 0 Å². The van der Waals surface area contributed by atoms with Crippen molar-refractivity contribution in [3.63, 3.8) is 0 Å². The molecular formula is C23H32N4O. The number of hydrogen-bond donors (Lipinski definition) is 2. The number of aromatic nitrogens is 1. The molecule has 150 valence electrons. The molecule has 1 amide bonds. The first-order valence-electron chi connectivity index (χ1n) is 10.2. The Hall–Kier alpha value is -2.40. The van der Waals surface area contributed by atoms with Gasteiger partial charge < -0.3 is 15.5 Å². The first kappa shape index (κ1) is 20.3. The van der Waals surface area contributed by atoms with E-state index >= 15 is 0 Å². The van der Waals surface area contributed by atoms with Crippen molar-refractivity contribution in [3.05, 3.63) is 53.7 Å². The Morgan fingerprint density at radius 1 is 1.07 bits per heavy atom. The van der Waals surface area contributed by atoms with Gasteiger partial charge in [-0.15, -0.1) is 0 Å². The molecule has 0 atom stereocenters. The minimum Gasteiger partial charge on any atom is -0.348 e. The van der Waals surface area contributed by atoms with Crippen molar-refractivity contribution in [1.82, 2.24) is 10.3 Å². The third-order valence-corrected chi connectivity index (χ3v) is 4.97. The second-order valence-electron chi connectivity index (χ2n) is 8.52. The minimum absolute atomic E-state index is 0.105. The second kappa shape index (κ2) is 9.20. The molecule has 28 heavy (non-hydrogen) atoms. The van der Waals surface area contributed by atoms with E-state index in [9.17, 15) is 4.79 Å². The van der Waals surface area contributed by atoms with Gasteiger partial charge in [-0.2, -0.15) is 0 Å². The second-order valence-corrected chi connectivity index (χ2v) is 8.52. The number of pyridine rings is 1. The average molecular weight is 381 g/mol. The normalized spacial score (nSPS) is 13.5. The number of anilines is 2. The molecule has 1 aromatic heterocycles. The zero-order chi connectivity index (χ0) is 20.0. The molecule has 1 aliphatic rings. The summed E-state index contributed by atoms with van der Waals surface area (Å²) in [6.45, 7) is 9.13. The van der Waals surface area contributed by atoms with Gasteiger partial charge in [0.05, 0.1) is 0 Å². The van der Waals surface area contributed by atoms with Gasteiger partial charge in [0.1, 0.15) is 5.82 Å². The number of carbonyl (C=O) groups is 1. The van der Waals surface area contributed by atoms with E-state index in [4.69, 9.17) is 0 Å². The van der Waals surface area contributed by atoms with E-state index in [1.165, 1.54) is 11.1 Å². The fraction of sp³-hybridized carbons (Fsp3) is 0.478. The minimum atomic E-state index is 0.105. The lowest BCUT2D eigenvalue weighted by Crippen LogP contribution is -2.36. The van der Waals surface area contributed by atoms with Gasteiger partial charge in [0, 0.05) is 36.9 Å². The molecule has 0 unspecified atom stereocenters. The van der Waals surface area contributed by atoms with Crippen LogP contribution in [0.15, 0.2) is 42.6 Å². The molecule has 2 heterocycles. The Morgan fingerprint density at radius 2 is 1.93 bits per heavy atom. The van der Waals surface area contributed by atoms with E-state index in [1.54, 1.807) is 0 Å². The van der Waals surface area contributed by atoms with E-state index in [1.807, 2.05) is 36.5 Å². The van der Waals surface area contributed by atoms with Crippen LogP contribution in [0, 0.1) is 0 Å². The van der Waals surface area contributed by atoms with Crippen molar-refractivity contribution in [1.29, 1.82) is 0 Å². The highest BCUT2D eigenvalue weighted by molar-refractivity contribution is 5.91. The largest absolute Gasteiger partial charge is 0.348 e. The van der Waals surface area contributed by atoms with Crippen LogP contribution in [0.2, 0.25) is 0 Å².